The van der Waals surface area contributed by atoms with E-state index >= 15 is 0 Å². The summed E-state index contributed by atoms with van der Waals surface area (Å²) in [5.41, 5.74) is 0.599. The Hall–Kier alpha value is -3.03. The molecule has 3 rings (SSSR count). The van der Waals surface area contributed by atoms with Gasteiger partial charge < -0.3 is 20.2 Å². The van der Waals surface area contributed by atoms with Crippen LogP contribution in [-0.2, 0) is 0 Å². The van der Waals surface area contributed by atoms with Gasteiger partial charge in [-0.3, -0.25) is 0 Å². The monoisotopic (exact) mass is 517 g/mol. The van der Waals surface area contributed by atoms with E-state index in [-0.39, 0.29) is 11.3 Å². The van der Waals surface area contributed by atoms with E-state index in [1.165, 1.54) is 38.4 Å². The fraction of sp³-hybridized carbons (Fsp3) is 0.433. The highest BCUT2D eigenvalue weighted by Crippen LogP contribution is 2.19. The molecule has 37 heavy (non-hydrogen) atoms. The van der Waals surface area contributed by atoms with Crippen LogP contribution in [0.2, 0.25) is 0 Å². The highest BCUT2D eigenvalue weighted by Gasteiger charge is 2.14. The Labute approximate surface area is 222 Å². The third kappa shape index (κ3) is 14.3. The number of benzene rings is 2. The summed E-state index contributed by atoms with van der Waals surface area (Å²) < 4.78 is 32.8. The van der Waals surface area contributed by atoms with Crippen molar-refractivity contribution in [1.82, 2.24) is 10.2 Å². The number of hydrogen-bond donors (Lipinski definition) is 2. The second-order valence-corrected chi connectivity index (χ2v) is 7.96. The molecule has 2 aromatic rings. The van der Waals surface area contributed by atoms with Crippen molar-refractivity contribution in [2.24, 2.45) is 5.16 Å². The van der Waals surface area contributed by atoms with E-state index in [0.717, 1.165) is 25.1 Å². The molecule has 1 heterocycles. The molecule has 0 aliphatic carbocycles. The molecule has 206 valence electrons. The van der Waals surface area contributed by atoms with Gasteiger partial charge in [-0.25, -0.2) is 8.78 Å². The molecule has 0 atom stereocenters. The van der Waals surface area contributed by atoms with E-state index in [0.29, 0.717) is 17.9 Å². The summed E-state index contributed by atoms with van der Waals surface area (Å²) in [4.78, 5) is 2.47. The number of rotatable bonds is 8. The zero-order valence-electron chi connectivity index (χ0n) is 23.1. The summed E-state index contributed by atoms with van der Waals surface area (Å²) in [6, 6.07) is 10.0. The van der Waals surface area contributed by atoms with Gasteiger partial charge >= 0.3 is 0 Å². The molecular formula is C30H45F2N3O2. The molecule has 7 heteroatoms. The summed E-state index contributed by atoms with van der Waals surface area (Å²) in [6.45, 7) is 13.5. The fourth-order valence-electron chi connectivity index (χ4n) is 3.45. The fourth-order valence-corrected chi connectivity index (χ4v) is 3.45. The molecule has 5 nitrogen and oxygen atoms in total. The lowest BCUT2D eigenvalue weighted by Gasteiger charge is -2.26. The van der Waals surface area contributed by atoms with Crippen LogP contribution in [0.25, 0.3) is 0 Å². The number of likely N-dealkylation sites (tertiary alicyclic amines) is 1. The molecule has 0 saturated carbocycles. The van der Waals surface area contributed by atoms with Crippen LogP contribution in [0.15, 0.2) is 72.4 Å². The van der Waals surface area contributed by atoms with E-state index in [1.807, 2.05) is 47.0 Å². The predicted molar refractivity (Wildman–Crippen MR) is 152 cm³/mol. The average Bonchev–Trinajstić information content (AvgIpc) is 2.92. The minimum atomic E-state index is -0.777. The number of hydrogen-bond acceptors (Lipinski definition) is 5. The quantitative estimate of drug-likeness (QED) is 0.129. The number of halogens is 2. The van der Waals surface area contributed by atoms with Crippen molar-refractivity contribution in [3.63, 3.8) is 0 Å². The van der Waals surface area contributed by atoms with Gasteiger partial charge in [0, 0.05) is 23.7 Å². The summed E-state index contributed by atoms with van der Waals surface area (Å²) in [5, 5.41) is 15.2. The van der Waals surface area contributed by atoms with Crippen LogP contribution in [0, 0.1) is 11.6 Å². The third-order valence-electron chi connectivity index (χ3n) is 5.08. The molecule has 2 N–H and O–H groups in total. The van der Waals surface area contributed by atoms with E-state index in [9.17, 15) is 14.0 Å². The molecule has 1 aliphatic heterocycles. The predicted octanol–water partition coefficient (Wildman–Crippen LogP) is 7.06. The lowest BCUT2D eigenvalue weighted by atomic mass is 10.0. The number of piperidine rings is 1. The summed E-state index contributed by atoms with van der Waals surface area (Å²) >= 11 is 0. The molecule has 1 fully saturated rings. The zero-order chi connectivity index (χ0) is 27.9. The SMILES string of the molecule is C=C/C=C\C.CC.CNC.O/N=C(\c1ccc(OCCCN2CCCCC2)cc1)c1ccc(F)cc1F. The van der Waals surface area contributed by atoms with Gasteiger partial charge in [0.05, 0.1) is 6.61 Å². The van der Waals surface area contributed by atoms with E-state index in [4.69, 9.17) is 4.74 Å². The van der Waals surface area contributed by atoms with Crippen molar-refractivity contribution in [2.45, 2.75) is 46.5 Å². The number of oxime groups is 1. The second-order valence-electron chi connectivity index (χ2n) is 7.96. The number of allylic oxidation sites excluding steroid dienone is 3. The van der Waals surface area contributed by atoms with Gasteiger partial charge in [0.1, 0.15) is 23.1 Å². The van der Waals surface area contributed by atoms with E-state index in [2.05, 4.69) is 22.0 Å². The number of ether oxygens (including phenoxy) is 1. The van der Waals surface area contributed by atoms with Gasteiger partial charge in [-0.15, -0.1) is 0 Å². The highest BCUT2D eigenvalue weighted by molar-refractivity contribution is 6.12. The summed E-state index contributed by atoms with van der Waals surface area (Å²) in [5.74, 6) is -0.753. The largest absolute Gasteiger partial charge is 0.494 e. The first-order valence-corrected chi connectivity index (χ1v) is 13.0. The first-order valence-electron chi connectivity index (χ1n) is 13.0. The van der Waals surface area contributed by atoms with Gasteiger partial charge in [0.15, 0.2) is 0 Å². The minimum Gasteiger partial charge on any atom is -0.494 e. The number of nitrogens with one attached hydrogen (secondary N) is 1. The first-order chi connectivity index (χ1) is 18.0. The second kappa shape index (κ2) is 22.2. The van der Waals surface area contributed by atoms with E-state index in [1.54, 1.807) is 30.3 Å². The van der Waals surface area contributed by atoms with Crippen molar-refractivity contribution in [2.75, 3.05) is 40.3 Å². The lowest BCUT2D eigenvalue weighted by molar-refractivity contribution is 0.205. The van der Waals surface area contributed by atoms with Crippen molar-refractivity contribution < 1.29 is 18.7 Å². The Bertz CT molecular complexity index is 910. The first kappa shape index (κ1) is 34.0. The van der Waals surface area contributed by atoms with Crippen LogP contribution in [0.1, 0.15) is 57.6 Å². The minimum absolute atomic E-state index is 0.0362. The van der Waals surface area contributed by atoms with Gasteiger partial charge in [0.25, 0.3) is 0 Å². The molecule has 0 spiro atoms. The standard InChI is InChI=1S/C21H24F2N2O2.C5H8.C2H7N.C2H6/c22-17-7-10-19(20(23)15-17)21(24-26)16-5-8-18(9-6-16)27-14-4-13-25-11-2-1-3-12-25;1-3-5-4-2;1-3-2;1-2/h5-10,15,26H,1-4,11-14H2;3-5H,1H2,2H3;3H,1-2H3;1-2H3/b24-21+;5-4-;;. The Morgan fingerprint density at radius 2 is 1.70 bits per heavy atom. The van der Waals surface area contributed by atoms with Crippen molar-refractivity contribution in [3.05, 3.63) is 90.0 Å². The van der Waals surface area contributed by atoms with Gasteiger partial charge in [-0.1, -0.05) is 50.2 Å². The maximum Gasteiger partial charge on any atom is 0.135 e. The van der Waals surface area contributed by atoms with Crippen LogP contribution in [0.4, 0.5) is 8.78 Å². The van der Waals surface area contributed by atoms with Gasteiger partial charge in [-0.05, 0) is 89.8 Å². The van der Waals surface area contributed by atoms with Crippen LogP contribution in [0.3, 0.4) is 0 Å². The topological polar surface area (TPSA) is 57.1 Å². The normalized spacial score (nSPS) is 13.3. The Morgan fingerprint density at radius 1 is 1.08 bits per heavy atom. The van der Waals surface area contributed by atoms with Crippen LogP contribution >= 0.6 is 0 Å². The maximum atomic E-state index is 14.0. The highest BCUT2D eigenvalue weighted by atomic mass is 19.1. The number of nitrogens with zero attached hydrogens (tertiary/aromatic N) is 2. The smallest absolute Gasteiger partial charge is 0.135 e. The third-order valence-corrected chi connectivity index (χ3v) is 5.08. The molecule has 1 aliphatic rings. The molecule has 0 unspecified atom stereocenters. The van der Waals surface area contributed by atoms with Gasteiger partial charge in [0.2, 0.25) is 0 Å². The molecule has 0 radical (unpaired) electrons. The summed E-state index contributed by atoms with van der Waals surface area (Å²) in [7, 11) is 3.75. The van der Waals surface area contributed by atoms with Gasteiger partial charge in [-0.2, -0.15) is 0 Å². The lowest BCUT2D eigenvalue weighted by Crippen LogP contribution is -2.31. The van der Waals surface area contributed by atoms with Crippen molar-refractivity contribution in [3.8, 4) is 5.75 Å². The van der Waals surface area contributed by atoms with Crippen molar-refractivity contribution >= 4 is 5.71 Å². The van der Waals surface area contributed by atoms with Crippen LogP contribution in [0.5, 0.6) is 5.75 Å². The Balaban J connectivity index is 0.00000112. The van der Waals surface area contributed by atoms with Crippen LogP contribution in [-0.4, -0.2) is 56.2 Å². The van der Waals surface area contributed by atoms with Crippen LogP contribution < -0.4 is 10.1 Å². The molecule has 0 bridgehead atoms. The average molecular weight is 518 g/mol. The Morgan fingerprint density at radius 3 is 2.19 bits per heavy atom. The molecule has 2 aromatic carbocycles. The molecular weight excluding hydrogens is 472 g/mol. The van der Waals surface area contributed by atoms with Crippen molar-refractivity contribution in [1.29, 1.82) is 0 Å². The zero-order valence-corrected chi connectivity index (χ0v) is 23.1. The summed E-state index contributed by atoms with van der Waals surface area (Å²) in [6.07, 6.45) is 10.4. The molecule has 0 amide bonds. The van der Waals surface area contributed by atoms with E-state index < -0.39 is 11.6 Å². The Kier molecular flexibility index (Phi) is 20.4. The maximum absolute atomic E-state index is 14.0. The molecule has 0 aromatic heterocycles. The molecule has 1 saturated heterocycles.